The van der Waals surface area contributed by atoms with Gasteiger partial charge in [-0.25, -0.2) is 4.79 Å². The number of carbonyl (C=O) groups is 2. The molecular weight excluding hydrogens is 184 g/mol. The first-order chi connectivity index (χ1) is 6.75. The average molecular weight is 196 g/mol. The van der Waals surface area contributed by atoms with Gasteiger partial charge in [0, 0.05) is 0 Å². The fraction of sp³-hybridized carbons (Fsp3) is 0.778. The van der Waals surface area contributed by atoms with Crippen LogP contribution in [0.2, 0.25) is 0 Å². The number of hydrogen-bond donors (Lipinski definition) is 1. The summed E-state index contributed by atoms with van der Waals surface area (Å²) in [4.78, 5) is 24.2. The van der Waals surface area contributed by atoms with Gasteiger partial charge in [-0.3, -0.25) is 9.69 Å². The third-order valence-electron chi connectivity index (χ3n) is 3.28. The van der Waals surface area contributed by atoms with Crippen molar-refractivity contribution in [3.63, 3.8) is 0 Å². The lowest BCUT2D eigenvalue weighted by atomic mass is 9.94. The van der Waals surface area contributed by atoms with Crippen LogP contribution in [0.3, 0.4) is 0 Å². The van der Waals surface area contributed by atoms with Crippen LogP contribution in [0.15, 0.2) is 0 Å². The number of imide groups is 1. The first-order valence-electron chi connectivity index (χ1n) is 5.01. The van der Waals surface area contributed by atoms with Crippen LogP contribution < -0.4 is 5.32 Å². The minimum Gasteiger partial charge on any atom is -0.373 e. The molecule has 3 aliphatic rings. The first kappa shape index (κ1) is 8.23. The number of ether oxygens (including phenoxy) is 1. The van der Waals surface area contributed by atoms with Gasteiger partial charge in [0.2, 0.25) is 5.91 Å². The van der Waals surface area contributed by atoms with Gasteiger partial charge >= 0.3 is 6.03 Å². The van der Waals surface area contributed by atoms with Crippen molar-refractivity contribution in [1.82, 2.24) is 10.2 Å². The lowest BCUT2D eigenvalue weighted by molar-refractivity contribution is -0.127. The molecule has 0 aliphatic carbocycles. The maximum Gasteiger partial charge on any atom is 0.324 e. The standard InChI is InChI=1S/C9H12N2O3/c12-8-4-10-9(13)11(8)6-3-5-1-2-7(6)14-5/h5-7H,1-4H2,(H,10,13). The summed E-state index contributed by atoms with van der Waals surface area (Å²) in [6.07, 6.45) is 3.24. The van der Waals surface area contributed by atoms with Crippen LogP contribution in [0.5, 0.6) is 0 Å². The molecule has 0 radical (unpaired) electrons. The molecule has 3 saturated heterocycles. The number of urea groups is 1. The van der Waals surface area contributed by atoms with Crippen molar-refractivity contribution in [3.8, 4) is 0 Å². The predicted octanol–water partition coefficient (Wildman–Crippen LogP) is -0.142. The Hall–Kier alpha value is -1.10. The highest BCUT2D eigenvalue weighted by Gasteiger charge is 2.48. The number of nitrogens with one attached hydrogen (secondary N) is 1. The molecule has 3 fully saturated rings. The van der Waals surface area contributed by atoms with Gasteiger partial charge in [-0.15, -0.1) is 0 Å². The van der Waals surface area contributed by atoms with E-state index in [0.29, 0.717) is 0 Å². The normalized spacial score (nSPS) is 40.9. The summed E-state index contributed by atoms with van der Waals surface area (Å²) >= 11 is 0. The van der Waals surface area contributed by atoms with Crippen molar-refractivity contribution in [2.24, 2.45) is 0 Å². The van der Waals surface area contributed by atoms with Crippen molar-refractivity contribution in [2.45, 2.75) is 37.5 Å². The molecule has 14 heavy (non-hydrogen) atoms. The average Bonchev–Trinajstić information content (AvgIpc) is 2.81. The predicted molar refractivity (Wildman–Crippen MR) is 46.5 cm³/mol. The third kappa shape index (κ3) is 0.987. The third-order valence-corrected chi connectivity index (χ3v) is 3.28. The molecule has 0 aromatic carbocycles. The van der Waals surface area contributed by atoms with Crippen molar-refractivity contribution in [2.75, 3.05) is 6.54 Å². The van der Waals surface area contributed by atoms with E-state index in [0.717, 1.165) is 19.3 Å². The van der Waals surface area contributed by atoms with Gasteiger partial charge in [0.1, 0.15) is 0 Å². The topological polar surface area (TPSA) is 58.6 Å². The van der Waals surface area contributed by atoms with Crippen LogP contribution in [-0.4, -0.2) is 41.6 Å². The van der Waals surface area contributed by atoms with E-state index in [-0.39, 0.29) is 36.7 Å². The lowest BCUT2D eigenvalue weighted by Crippen LogP contribution is -2.45. The smallest absolute Gasteiger partial charge is 0.324 e. The molecule has 0 aromatic rings. The largest absolute Gasteiger partial charge is 0.373 e. The highest BCUT2D eigenvalue weighted by Crippen LogP contribution is 2.37. The molecule has 1 N–H and O–H groups in total. The van der Waals surface area contributed by atoms with Gasteiger partial charge in [0.15, 0.2) is 0 Å². The molecule has 3 rings (SSSR count). The number of carbonyl (C=O) groups excluding carboxylic acids is 2. The number of hydrogen-bond acceptors (Lipinski definition) is 3. The van der Waals surface area contributed by atoms with Crippen LogP contribution in [-0.2, 0) is 9.53 Å². The van der Waals surface area contributed by atoms with E-state index in [1.165, 1.54) is 4.90 Å². The molecule has 3 amide bonds. The van der Waals surface area contributed by atoms with Gasteiger partial charge in [-0.1, -0.05) is 0 Å². The summed E-state index contributed by atoms with van der Waals surface area (Å²) in [7, 11) is 0. The molecule has 0 spiro atoms. The molecule has 3 unspecified atom stereocenters. The molecule has 2 bridgehead atoms. The van der Waals surface area contributed by atoms with Crippen LogP contribution in [0.4, 0.5) is 4.79 Å². The minimum atomic E-state index is -0.254. The van der Waals surface area contributed by atoms with E-state index in [1.807, 2.05) is 0 Å². The maximum absolute atomic E-state index is 11.4. The molecule has 3 heterocycles. The zero-order valence-corrected chi connectivity index (χ0v) is 7.73. The summed E-state index contributed by atoms with van der Waals surface area (Å²) in [5.74, 6) is -0.115. The Labute approximate surface area is 81.4 Å². The lowest BCUT2D eigenvalue weighted by Gasteiger charge is -2.26. The molecule has 0 saturated carbocycles. The van der Waals surface area contributed by atoms with Crippen LogP contribution in [0, 0.1) is 0 Å². The summed E-state index contributed by atoms with van der Waals surface area (Å²) in [5.41, 5.74) is 0. The highest BCUT2D eigenvalue weighted by molar-refractivity contribution is 6.02. The monoisotopic (exact) mass is 196 g/mol. The number of nitrogens with zero attached hydrogens (tertiary/aromatic N) is 1. The Morgan fingerprint density at radius 3 is 2.71 bits per heavy atom. The second kappa shape index (κ2) is 2.70. The van der Waals surface area contributed by atoms with E-state index in [2.05, 4.69) is 5.32 Å². The minimum absolute atomic E-state index is 0.0104. The Balaban J connectivity index is 1.82. The van der Waals surface area contributed by atoms with Crippen molar-refractivity contribution in [1.29, 1.82) is 0 Å². The van der Waals surface area contributed by atoms with Gasteiger partial charge in [0.05, 0.1) is 24.8 Å². The van der Waals surface area contributed by atoms with Crippen LogP contribution in [0.25, 0.3) is 0 Å². The molecule has 3 atom stereocenters. The number of rotatable bonds is 1. The van der Waals surface area contributed by atoms with Gasteiger partial charge in [0.25, 0.3) is 0 Å². The summed E-state index contributed by atoms with van der Waals surface area (Å²) < 4.78 is 5.62. The van der Waals surface area contributed by atoms with Crippen LogP contribution >= 0.6 is 0 Å². The van der Waals surface area contributed by atoms with E-state index >= 15 is 0 Å². The zero-order chi connectivity index (χ0) is 9.71. The van der Waals surface area contributed by atoms with E-state index in [1.54, 1.807) is 0 Å². The molecular formula is C9H12N2O3. The molecule has 76 valence electrons. The Bertz CT molecular complexity index is 288. The summed E-state index contributed by atoms with van der Waals surface area (Å²) in [5, 5.41) is 2.54. The second-order valence-corrected chi connectivity index (χ2v) is 4.10. The Kier molecular flexibility index (Phi) is 1.58. The van der Waals surface area contributed by atoms with Crippen molar-refractivity contribution in [3.05, 3.63) is 0 Å². The molecule has 5 heteroatoms. The summed E-state index contributed by atoms with van der Waals surface area (Å²) in [6.45, 7) is 0.146. The van der Waals surface area contributed by atoms with Gasteiger partial charge in [-0.05, 0) is 19.3 Å². The SMILES string of the molecule is O=C1CNC(=O)N1C1CC2CCC1O2. The maximum atomic E-state index is 11.4. The Morgan fingerprint density at radius 1 is 1.36 bits per heavy atom. The molecule has 3 aliphatic heterocycles. The zero-order valence-electron chi connectivity index (χ0n) is 7.73. The van der Waals surface area contributed by atoms with E-state index in [4.69, 9.17) is 4.74 Å². The number of amides is 3. The first-order valence-corrected chi connectivity index (χ1v) is 5.01. The number of fused-ring (bicyclic) bond motifs is 2. The van der Waals surface area contributed by atoms with Gasteiger partial charge in [-0.2, -0.15) is 0 Å². The van der Waals surface area contributed by atoms with E-state index < -0.39 is 0 Å². The molecule has 5 nitrogen and oxygen atoms in total. The highest BCUT2D eigenvalue weighted by atomic mass is 16.5. The van der Waals surface area contributed by atoms with Crippen LogP contribution in [0.1, 0.15) is 19.3 Å². The fourth-order valence-electron chi connectivity index (χ4n) is 2.65. The Morgan fingerprint density at radius 2 is 2.21 bits per heavy atom. The quantitative estimate of drug-likeness (QED) is 0.594. The van der Waals surface area contributed by atoms with Crippen molar-refractivity contribution < 1.29 is 14.3 Å². The fourth-order valence-corrected chi connectivity index (χ4v) is 2.65. The molecule has 0 aromatic heterocycles. The van der Waals surface area contributed by atoms with E-state index in [9.17, 15) is 9.59 Å². The van der Waals surface area contributed by atoms with Crippen molar-refractivity contribution >= 4 is 11.9 Å². The summed E-state index contributed by atoms with van der Waals surface area (Å²) in [6, 6.07) is -0.264. The second-order valence-electron chi connectivity index (χ2n) is 4.10. The van der Waals surface area contributed by atoms with Gasteiger partial charge < -0.3 is 10.1 Å².